The van der Waals surface area contributed by atoms with E-state index in [9.17, 15) is 0 Å². The fourth-order valence-corrected chi connectivity index (χ4v) is 3.13. The molecular weight excluding hydrogens is 319 g/mol. The van der Waals surface area contributed by atoms with Crippen molar-refractivity contribution in [3.63, 3.8) is 0 Å². The Morgan fingerprint density at radius 3 is 2.55 bits per heavy atom. The molecule has 6 heteroatoms. The molecule has 0 radical (unpaired) electrons. The molecule has 1 saturated heterocycles. The van der Waals surface area contributed by atoms with Crippen molar-refractivity contribution in [2.45, 2.75) is 25.4 Å². The van der Waals surface area contributed by atoms with Crippen molar-refractivity contribution in [3.05, 3.63) is 52.3 Å². The number of anilines is 1. The van der Waals surface area contributed by atoms with Crippen molar-refractivity contribution in [2.24, 2.45) is 0 Å². The Hall–Kier alpha value is -1.36. The molecule has 4 nitrogen and oxygen atoms in total. The molecule has 0 aliphatic carbocycles. The van der Waals surface area contributed by atoms with Gasteiger partial charge >= 0.3 is 0 Å². The highest BCUT2D eigenvalue weighted by molar-refractivity contribution is 6.35. The lowest BCUT2D eigenvalue weighted by molar-refractivity contribution is 0.411. The number of hydrogen-bond donors (Lipinski definition) is 1. The Morgan fingerprint density at radius 2 is 1.86 bits per heavy atom. The summed E-state index contributed by atoms with van der Waals surface area (Å²) < 4.78 is 0. The van der Waals surface area contributed by atoms with E-state index in [4.69, 9.17) is 23.2 Å². The van der Waals surface area contributed by atoms with Crippen LogP contribution >= 0.6 is 23.2 Å². The average Bonchev–Trinajstić information content (AvgIpc) is 2.55. The van der Waals surface area contributed by atoms with Gasteiger partial charge in [0.1, 0.15) is 0 Å². The zero-order valence-electron chi connectivity index (χ0n) is 12.2. The molecule has 0 amide bonds. The van der Waals surface area contributed by atoms with Gasteiger partial charge in [0, 0.05) is 48.1 Å². The molecule has 1 aliphatic rings. The number of aromatic nitrogens is 2. The topological polar surface area (TPSA) is 41.0 Å². The van der Waals surface area contributed by atoms with E-state index in [2.05, 4.69) is 20.2 Å². The van der Waals surface area contributed by atoms with Crippen LogP contribution in [0.5, 0.6) is 0 Å². The Bertz CT molecular complexity index is 613. The number of hydrogen-bond acceptors (Lipinski definition) is 4. The van der Waals surface area contributed by atoms with Crippen LogP contribution in [0.25, 0.3) is 0 Å². The average molecular weight is 337 g/mol. The molecule has 22 heavy (non-hydrogen) atoms. The Morgan fingerprint density at radius 1 is 1.14 bits per heavy atom. The number of benzene rings is 1. The van der Waals surface area contributed by atoms with Crippen LogP contribution in [-0.4, -0.2) is 29.1 Å². The fourth-order valence-electron chi connectivity index (χ4n) is 2.66. The Labute approximate surface area is 140 Å². The van der Waals surface area contributed by atoms with Crippen molar-refractivity contribution >= 4 is 29.2 Å². The predicted molar refractivity (Wildman–Crippen MR) is 90.6 cm³/mol. The van der Waals surface area contributed by atoms with E-state index >= 15 is 0 Å². The lowest BCUT2D eigenvalue weighted by Gasteiger charge is -2.32. The van der Waals surface area contributed by atoms with Gasteiger partial charge < -0.3 is 10.2 Å². The third-order valence-electron chi connectivity index (χ3n) is 3.93. The molecular formula is C16H18Cl2N4. The molecule has 0 atom stereocenters. The van der Waals surface area contributed by atoms with Crippen LogP contribution in [0.1, 0.15) is 18.4 Å². The molecule has 0 bridgehead atoms. The van der Waals surface area contributed by atoms with Crippen molar-refractivity contribution in [1.29, 1.82) is 0 Å². The molecule has 0 saturated carbocycles. The Balaban J connectivity index is 1.50. The smallest absolute Gasteiger partial charge is 0.225 e. The molecule has 1 aromatic heterocycles. The van der Waals surface area contributed by atoms with Crippen molar-refractivity contribution in [3.8, 4) is 0 Å². The molecule has 2 heterocycles. The first kappa shape index (κ1) is 15.5. The van der Waals surface area contributed by atoms with Crippen LogP contribution in [0.3, 0.4) is 0 Å². The van der Waals surface area contributed by atoms with Gasteiger partial charge in [0.2, 0.25) is 5.95 Å². The minimum Gasteiger partial charge on any atom is -0.341 e. The predicted octanol–water partition coefficient (Wildman–Crippen LogP) is 3.54. The van der Waals surface area contributed by atoms with Crippen LogP contribution in [0.15, 0.2) is 36.7 Å². The summed E-state index contributed by atoms with van der Waals surface area (Å²) in [7, 11) is 0. The number of nitrogens with zero attached hydrogens (tertiary/aromatic N) is 3. The van der Waals surface area contributed by atoms with Gasteiger partial charge in [-0.05, 0) is 36.6 Å². The Kier molecular flexibility index (Phi) is 5.13. The zero-order chi connectivity index (χ0) is 15.4. The summed E-state index contributed by atoms with van der Waals surface area (Å²) >= 11 is 12.1. The van der Waals surface area contributed by atoms with E-state index in [-0.39, 0.29) is 0 Å². The van der Waals surface area contributed by atoms with Gasteiger partial charge in [-0.2, -0.15) is 0 Å². The SMILES string of the molecule is Clc1ccc(CNC2CCN(c3ncccn3)CC2)c(Cl)c1. The van der Waals surface area contributed by atoms with E-state index in [1.165, 1.54) is 0 Å². The first-order valence-corrected chi connectivity index (χ1v) is 8.17. The van der Waals surface area contributed by atoms with Crippen LogP contribution in [0.4, 0.5) is 5.95 Å². The van der Waals surface area contributed by atoms with Gasteiger partial charge in [0.05, 0.1) is 0 Å². The number of nitrogens with one attached hydrogen (secondary N) is 1. The first-order chi connectivity index (χ1) is 10.7. The summed E-state index contributed by atoms with van der Waals surface area (Å²) in [6, 6.07) is 7.97. The van der Waals surface area contributed by atoms with E-state index in [1.54, 1.807) is 18.5 Å². The van der Waals surface area contributed by atoms with Crippen LogP contribution in [0, 0.1) is 0 Å². The summed E-state index contributed by atoms with van der Waals surface area (Å²) in [6.45, 7) is 2.70. The summed E-state index contributed by atoms with van der Waals surface area (Å²) in [4.78, 5) is 10.8. The zero-order valence-corrected chi connectivity index (χ0v) is 13.7. The largest absolute Gasteiger partial charge is 0.341 e. The summed E-state index contributed by atoms with van der Waals surface area (Å²) in [6.07, 6.45) is 5.72. The van der Waals surface area contributed by atoms with E-state index in [0.717, 1.165) is 49.0 Å². The minimum absolute atomic E-state index is 0.492. The molecule has 1 fully saturated rings. The van der Waals surface area contributed by atoms with E-state index in [0.29, 0.717) is 11.1 Å². The van der Waals surface area contributed by atoms with Crippen molar-refractivity contribution in [1.82, 2.24) is 15.3 Å². The monoisotopic (exact) mass is 336 g/mol. The van der Waals surface area contributed by atoms with Gasteiger partial charge in [0.25, 0.3) is 0 Å². The van der Waals surface area contributed by atoms with E-state index in [1.807, 2.05) is 18.2 Å². The molecule has 2 aromatic rings. The molecule has 1 aromatic carbocycles. The molecule has 116 valence electrons. The molecule has 0 unspecified atom stereocenters. The third-order valence-corrected chi connectivity index (χ3v) is 4.51. The molecule has 3 rings (SSSR count). The molecule has 0 spiro atoms. The van der Waals surface area contributed by atoms with Crippen LogP contribution < -0.4 is 10.2 Å². The summed E-state index contributed by atoms with van der Waals surface area (Å²) in [5.41, 5.74) is 1.08. The quantitative estimate of drug-likeness (QED) is 0.927. The third kappa shape index (κ3) is 3.88. The highest BCUT2D eigenvalue weighted by Crippen LogP contribution is 2.22. The lowest BCUT2D eigenvalue weighted by Crippen LogP contribution is -2.42. The van der Waals surface area contributed by atoms with Gasteiger partial charge in [-0.3, -0.25) is 0 Å². The highest BCUT2D eigenvalue weighted by atomic mass is 35.5. The number of piperidine rings is 1. The summed E-state index contributed by atoms with van der Waals surface area (Å²) in [5.74, 6) is 0.821. The number of rotatable bonds is 4. The minimum atomic E-state index is 0.492. The summed E-state index contributed by atoms with van der Waals surface area (Å²) in [5, 5.41) is 4.96. The van der Waals surface area contributed by atoms with Crippen molar-refractivity contribution < 1.29 is 0 Å². The maximum atomic E-state index is 6.20. The second-order valence-electron chi connectivity index (χ2n) is 5.43. The second-order valence-corrected chi connectivity index (χ2v) is 6.27. The van der Waals surface area contributed by atoms with E-state index < -0.39 is 0 Å². The van der Waals surface area contributed by atoms with Crippen molar-refractivity contribution in [2.75, 3.05) is 18.0 Å². The van der Waals surface area contributed by atoms with Gasteiger partial charge in [-0.25, -0.2) is 9.97 Å². The van der Waals surface area contributed by atoms with Gasteiger partial charge in [-0.1, -0.05) is 29.3 Å². The maximum Gasteiger partial charge on any atom is 0.225 e. The van der Waals surface area contributed by atoms with Crippen LogP contribution in [-0.2, 0) is 6.54 Å². The molecule has 1 aliphatic heterocycles. The standard InChI is InChI=1S/C16H18Cl2N4/c17-13-3-2-12(15(18)10-13)11-21-14-4-8-22(9-5-14)16-19-6-1-7-20-16/h1-3,6-7,10,14,21H,4-5,8-9,11H2. The van der Waals surface area contributed by atoms with Crippen LogP contribution in [0.2, 0.25) is 10.0 Å². The first-order valence-electron chi connectivity index (χ1n) is 7.41. The maximum absolute atomic E-state index is 6.20. The lowest BCUT2D eigenvalue weighted by atomic mass is 10.0. The normalized spacial score (nSPS) is 16.0. The van der Waals surface area contributed by atoms with Gasteiger partial charge in [0.15, 0.2) is 0 Å². The molecule has 1 N–H and O–H groups in total. The number of halogens is 2. The second kappa shape index (κ2) is 7.27. The van der Waals surface area contributed by atoms with Gasteiger partial charge in [-0.15, -0.1) is 0 Å². The highest BCUT2D eigenvalue weighted by Gasteiger charge is 2.20. The fraction of sp³-hybridized carbons (Fsp3) is 0.375.